The van der Waals surface area contributed by atoms with Gasteiger partial charge in [0.25, 0.3) is 0 Å². The summed E-state index contributed by atoms with van der Waals surface area (Å²) in [6.07, 6.45) is 0.976. The van der Waals surface area contributed by atoms with E-state index in [0.717, 1.165) is 12.2 Å². The smallest absolute Gasteiger partial charge is 0.557 e. The van der Waals surface area contributed by atoms with Gasteiger partial charge in [-0.05, 0) is 11.8 Å². The summed E-state index contributed by atoms with van der Waals surface area (Å²) in [5.74, 6) is 0.979. The summed E-state index contributed by atoms with van der Waals surface area (Å²) in [4.78, 5) is 10.5. The molecule has 1 fully saturated rings. The number of hydrogen-bond acceptors (Lipinski definition) is 2. The lowest BCUT2D eigenvalue weighted by atomic mass is 10.3. The van der Waals surface area contributed by atoms with Gasteiger partial charge in [-0.3, -0.25) is 0 Å². The fraction of sp³-hybridized carbons (Fsp3) is 0.750. The molecule has 1 heterocycles. The Bertz CT molecular complexity index is 98.0. The molecule has 1 atom stereocenters. The average molecular weight is 154 g/mol. The molecular weight excluding hydrogens is 146 g/mol. The zero-order valence-corrected chi connectivity index (χ0v) is 5.97. The van der Waals surface area contributed by atoms with Crippen LogP contribution in [-0.2, 0) is 4.79 Å². The van der Waals surface area contributed by atoms with Gasteiger partial charge in [0.1, 0.15) is 0 Å². The van der Waals surface area contributed by atoms with E-state index in [1.165, 1.54) is 11.8 Å². The zero-order chi connectivity index (χ0) is 5.28. The van der Waals surface area contributed by atoms with Crippen molar-refractivity contribution in [1.29, 1.82) is 0 Å². The van der Waals surface area contributed by atoms with Crippen molar-refractivity contribution in [2.75, 3.05) is 5.75 Å². The monoisotopic (exact) mass is 153 g/mol. The van der Waals surface area contributed by atoms with Crippen LogP contribution in [0.5, 0.6) is 0 Å². The van der Waals surface area contributed by atoms with E-state index >= 15 is 0 Å². The minimum Gasteiger partial charge on any atom is -1.00 e. The van der Waals surface area contributed by atoms with Crippen LogP contribution < -0.4 is 18.1 Å². The second-order valence-corrected chi connectivity index (χ2v) is 2.75. The summed E-state index contributed by atoms with van der Waals surface area (Å²) in [5, 5.41) is 0.264. The molecule has 0 bridgehead atoms. The Balaban J connectivity index is 0.000000490. The first-order valence-corrected chi connectivity index (χ1v) is 3.29. The third kappa shape index (κ3) is 1.65. The van der Waals surface area contributed by atoms with Gasteiger partial charge in [-0.15, -0.1) is 0 Å². The maximum atomic E-state index is 10.5. The van der Waals surface area contributed by atoms with Crippen LogP contribution in [0.4, 0.5) is 0 Å². The van der Waals surface area contributed by atoms with Crippen LogP contribution in [-0.4, -0.2) is 16.9 Å². The minimum absolute atomic E-state index is 0. The number of quaternary nitrogens is 1. The number of hydrogen-bond donors (Lipinski definition) is 1. The van der Waals surface area contributed by atoms with Crippen molar-refractivity contribution in [1.82, 2.24) is 0 Å². The molecule has 0 aromatic rings. The SMILES string of the molecule is [Cl-].[NH3+]C1CCSC1=[O+]. The quantitative estimate of drug-likeness (QED) is 0.364. The number of carbonyl (C=O) groups excluding carboxylic acids is 1. The average Bonchev–Trinajstić information content (AvgIpc) is 1.91. The first-order valence-electron chi connectivity index (χ1n) is 2.30. The molecule has 1 saturated heterocycles. The first kappa shape index (κ1) is 8.27. The highest BCUT2D eigenvalue weighted by atomic mass is 35.5. The molecule has 8 heavy (non-hydrogen) atoms. The van der Waals surface area contributed by atoms with Crippen LogP contribution in [0.15, 0.2) is 0 Å². The Hall–Kier alpha value is 0.270. The van der Waals surface area contributed by atoms with Crippen LogP contribution in [0.2, 0.25) is 0 Å². The predicted octanol–water partition coefficient (Wildman–Crippen LogP) is -3.74. The molecule has 1 rings (SSSR count). The molecule has 0 amide bonds. The van der Waals surface area contributed by atoms with E-state index in [9.17, 15) is 4.79 Å². The molecule has 0 aliphatic carbocycles. The van der Waals surface area contributed by atoms with E-state index in [1.54, 1.807) is 0 Å². The molecule has 1 aliphatic heterocycles. The topological polar surface area (TPSA) is 47.5 Å². The van der Waals surface area contributed by atoms with Gasteiger partial charge in [0.2, 0.25) is 10.8 Å². The fourth-order valence-corrected chi connectivity index (χ4v) is 1.49. The summed E-state index contributed by atoms with van der Waals surface area (Å²) in [5.41, 5.74) is 3.65. The van der Waals surface area contributed by atoms with E-state index in [2.05, 4.69) is 5.73 Å². The van der Waals surface area contributed by atoms with Crippen LogP contribution in [0.25, 0.3) is 0 Å². The molecule has 0 spiro atoms. The zero-order valence-electron chi connectivity index (χ0n) is 4.39. The van der Waals surface area contributed by atoms with Gasteiger partial charge < -0.3 is 18.1 Å². The molecular formula is C4H8ClNOS+. The fourth-order valence-electron chi connectivity index (χ4n) is 0.537. The van der Waals surface area contributed by atoms with Crippen molar-refractivity contribution in [2.45, 2.75) is 12.5 Å². The molecule has 1 radical (unpaired) electrons. The molecule has 1 unspecified atom stereocenters. The molecule has 2 nitrogen and oxygen atoms in total. The van der Waals surface area contributed by atoms with Crippen molar-refractivity contribution < 1.29 is 22.9 Å². The molecule has 3 N–H and O–H groups in total. The molecule has 1 aliphatic rings. The number of thioether (sulfide) groups is 1. The van der Waals surface area contributed by atoms with E-state index in [1.807, 2.05) is 0 Å². The first-order chi connectivity index (χ1) is 3.30. The van der Waals surface area contributed by atoms with Crippen LogP contribution in [0.1, 0.15) is 6.42 Å². The van der Waals surface area contributed by atoms with Gasteiger partial charge >= 0.3 is 5.12 Å². The Morgan fingerprint density at radius 2 is 2.38 bits per heavy atom. The van der Waals surface area contributed by atoms with Crippen molar-refractivity contribution in [3.05, 3.63) is 0 Å². The maximum absolute atomic E-state index is 10.5. The lowest BCUT2D eigenvalue weighted by Gasteiger charge is -1.77. The number of carbonyl (C=O) groups is 1. The summed E-state index contributed by atoms with van der Waals surface area (Å²) >= 11 is 1.40. The number of halogens is 1. The van der Waals surface area contributed by atoms with E-state index in [4.69, 9.17) is 0 Å². The van der Waals surface area contributed by atoms with Crippen molar-refractivity contribution >= 4 is 16.9 Å². The summed E-state index contributed by atoms with van der Waals surface area (Å²) in [7, 11) is 0. The lowest BCUT2D eigenvalue weighted by Crippen LogP contribution is -3.00. The molecule has 0 aromatic heterocycles. The summed E-state index contributed by atoms with van der Waals surface area (Å²) in [6, 6.07) is 0.0880. The van der Waals surface area contributed by atoms with Gasteiger partial charge in [-0.25, -0.2) is 0 Å². The van der Waals surface area contributed by atoms with Gasteiger partial charge in [0.05, 0.1) is 0 Å². The Morgan fingerprint density at radius 3 is 2.50 bits per heavy atom. The lowest BCUT2D eigenvalue weighted by molar-refractivity contribution is -0.400. The van der Waals surface area contributed by atoms with Crippen molar-refractivity contribution in [3.8, 4) is 0 Å². The van der Waals surface area contributed by atoms with E-state index < -0.39 is 0 Å². The summed E-state index contributed by atoms with van der Waals surface area (Å²) < 4.78 is 0. The third-order valence-electron chi connectivity index (χ3n) is 1.04. The number of rotatable bonds is 0. The highest BCUT2D eigenvalue weighted by Gasteiger charge is 2.37. The van der Waals surface area contributed by atoms with Crippen LogP contribution in [0, 0.1) is 0 Å². The molecule has 47 valence electrons. The summed E-state index contributed by atoms with van der Waals surface area (Å²) in [6.45, 7) is 0. The second-order valence-electron chi connectivity index (χ2n) is 1.65. The predicted molar refractivity (Wildman–Crippen MR) is 28.8 cm³/mol. The van der Waals surface area contributed by atoms with E-state index in [0.29, 0.717) is 0 Å². The van der Waals surface area contributed by atoms with Crippen molar-refractivity contribution in [3.63, 3.8) is 0 Å². The normalized spacial score (nSPS) is 27.6. The van der Waals surface area contributed by atoms with Gasteiger partial charge in [0.15, 0.2) is 0 Å². The Morgan fingerprint density at radius 1 is 1.75 bits per heavy atom. The van der Waals surface area contributed by atoms with Crippen molar-refractivity contribution in [2.24, 2.45) is 0 Å². The second kappa shape index (κ2) is 3.33. The Kier molecular flexibility index (Phi) is 3.44. The highest BCUT2D eigenvalue weighted by Crippen LogP contribution is 2.15. The molecule has 0 aromatic carbocycles. The van der Waals surface area contributed by atoms with E-state index in [-0.39, 0.29) is 23.6 Å². The standard InChI is InChI=1S/C4H7NOS.ClH/c5-3-1-2-7-4(3)6;/h3H,1-2,5H2;1H/q+1;. The van der Waals surface area contributed by atoms with Gasteiger partial charge in [0, 0.05) is 12.2 Å². The van der Waals surface area contributed by atoms with Gasteiger partial charge in [-0.1, -0.05) is 0 Å². The third-order valence-corrected chi connectivity index (χ3v) is 2.10. The minimum atomic E-state index is 0. The Labute approximate surface area is 58.6 Å². The van der Waals surface area contributed by atoms with Crippen LogP contribution >= 0.6 is 11.8 Å². The largest absolute Gasteiger partial charge is 1.00 e. The van der Waals surface area contributed by atoms with Crippen LogP contribution in [0.3, 0.4) is 0 Å². The highest BCUT2D eigenvalue weighted by molar-refractivity contribution is 8.14. The van der Waals surface area contributed by atoms with Gasteiger partial charge in [-0.2, -0.15) is 0 Å². The maximum Gasteiger partial charge on any atom is 0.557 e. The molecule has 0 saturated carbocycles. The molecule has 4 heteroatoms.